The second-order valence-electron chi connectivity index (χ2n) is 4.90. The van der Waals surface area contributed by atoms with E-state index in [4.69, 9.17) is 10.5 Å². The van der Waals surface area contributed by atoms with Crippen LogP contribution in [-0.2, 0) is 16.0 Å². The molecule has 0 saturated carbocycles. The summed E-state index contributed by atoms with van der Waals surface area (Å²) >= 11 is 0. The molecule has 2 rings (SSSR count). The minimum absolute atomic E-state index is 0.00949. The Balaban J connectivity index is 2.16. The molecule has 0 radical (unpaired) electrons. The average molecular weight is 248 g/mol. The Kier molecular flexibility index (Phi) is 3.87. The van der Waals surface area contributed by atoms with Gasteiger partial charge in [-0.05, 0) is 44.4 Å². The van der Waals surface area contributed by atoms with Crippen LogP contribution in [0.2, 0.25) is 0 Å². The van der Waals surface area contributed by atoms with Crippen molar-refractivity contribution in [2.45, 2.75) is 32.8 Å². The Hall–Kier alpha value is -1.55. The van der Waals surface area contributed by atoms with Crippen LogP contribution in [0.4, 0.5) is 11.4 Å². The van der Waals surface area contributed by atoms with Gasteiger partial charge in [-0.3, -0.25) is 4.79 Å². The second-order valence-corrected chi connectivity index (χ2v) is 4.90. The van der Waals surface area contributed by atoms with Gasteiger partial charge >= 0.3 is 0 Å². The van der Waals surface area contributed by atoms with Gasteiger partial charge in [-0.2, -0.15) is 0 Å². The Morgan fingerprint density at radius 3 is 3.00 bits per heavy atom. The number of hydrogen-bond acceptors (Lipinski definition) is 3. The summed E-state index contributed by atoms with van der Waals surface area (Å²) in [7, 11) is 0. The zero-order valence-corrected chi connectivity index (χ0v) is 11.0. The summed E-state index contributed by atoms with van der Waals surface area (Å²) in [6.45, 7) is 4.73. The number of aryl methyl sites for hydroxylation is 1. The third-order valence-corrected chi connectivity index (χ3v) is 3.07. The van der Waals surface area contributed by atoms with Crippen LogP contribution in [0, 0.1) is 0 Å². The van der Waals surface area contributed by atoms with E-state index in [9.17, 15) is 4.79 Å². The molecule has 1 heterocycles. The molecule has 98 valence electrons. The molecule has 0 aromatic heterocycles. The number of nitrogen functional groups attached to an aromatic ring is 1. The highest BCUT2D eigenvalue weighted by molar-refractivity contribution is 5.96. The minimum Gasteiger partial charge on any atom is -0.399 e. The number of ether oxygens (including phenoxy) is 1. The lowest BCUT2D eigenvalue weighted by atomic mass is 10.0. The van der Waals surface area contributed by atoms with E-state index in [0.717, 1.165) is 25.1 Å². The van der Waals surface area contributed by atoms with Crippen molar-refractivity contribution in [2.75, 3.05) is 23.8 Å². The number of carbonyl (C=O) groups is 1. The molecule has 0 aliphatic carbocycles. The number of nitrogens with two attached hydrogens (primary N) is 1. The third kappa shape index (κ3) is 2.82. The smallest absolute Gasteiger partial charge is 0.252 e. The van der Waals surface area contributed by atoms with Crippen molar-refractivity contribution >= 4 is 17.3 Å². The Labute approximate surface area is 108 Å². The molecule has 4 nitrogen and oxygen atoms in total. The van der Waals surface area contributed by atoms with E-state index in [1.165, 1.54) is 5.56 Å². The molecule has 1 aromatic carbocycles. The van der Waals surface area contributed by atoms with Gasteiger partial charge in [0.25, 0.3) is 5.91 Å². The predicted octanol–water partition coefficient (Wildman–Crippen LogP) is 1.97. The van der Waals surface area contributed by atoms with Crippen molar-refractivity contribution < 1.29 is 9.53 Å². The summed E-state index contributed by atoms with van der Waals surface area (Å²) in [4.78, 5) is 13.9. The van der Waals surface area contributed by atoms with Gasteiger partial charge < -0.3 is 15.4 Å². The average Bonchev–Trinajstić information content (AvgIpc) is 2.35. The molecular weight excluding hydrogens is 228 g/mol. The topological polar surface area (TPSA) is 55.6 Å². The normalized spacial score (nSPS) is 14.7. The summed E-state index contributed by atoms with van der Waals surface area (Å²) in [6.07, 6.45) is 2.06. The highest BCUT2D eigenvalue weighted by Crippen LogP contribution is 2.29. The lowest BCUT2D eigenvalue weighted by Crippen LogP contribution is -2.38. The van der Waals surface area contributed by atoms with Crippen LogP contribution < -0.4 is 10.6 Å². The fourth-order valence-electron chi connectivity index (χ4n) is 2.17. The number of anilines is 2. The van der Waals surface area contributed by atoms with Crippen LogP contribution >= 0.6 is 0 Å². The van der Waals surface area contributed by atoms with Crippen LogP contribution in [0.3, 0.4) is 0 Å². The summed E-state index contributed by atoms with van der Waals surface area (Å²) < 4.78 is 5.38. The quantitative estimate of drug-likeness (QED) is 0.832. The summed E-state index contributed by atoms with van der Waals surface area (Å²) in [5.74, 6) is 0.00949. The van der Waals surface area contributed by atoms with Gasteiger partial charge in [0.15, 0.2) is 0 Å². The highest BCUT2D eigenvalue weighted by atomic mass is 16.5. The first-order valence-electron chi connectivity index (χ1n) is 6.38. The van der Waals surface area contributed by atoms with Crippen molar-refractivity contribution in [3.8, 4) is 0 Å². The van der Waals surface area contributed by atoms with E-state index < -0.39 is 0 Å². The number of nitrogens with zero attached hydrogens (tertiary/aromatic N) is 1. The van der Waals surface area contributed by atoms with Gasteiger partial charge in [0.1, 0.15) is 6.61 Å². The lowest BCUT2D eigenvalue weighted by Gasteiger charge is -2.30. The first-order chi connectivity index (χ1) is 8.58. The molecule has 1 amide bonds. The summed E-state index contributed by atoms with van der Waals surface area (Å²) in [5, 5.41) is 0. The first-order valence-corrected chi connectivity index (χ1v) is 6.38. The predicted molar refractivity (Wildman–Crippen MR) is 72.6 cm³/mol. The molecule has 4 heteroatoms. The fourth-order valence-corrected chi connectivity index (χ4v) is 2.17. The zero-order chi connectivity index (χ0) is 13.1. The van der Waals surface area contributed by atoms with Gasteiger partial charge in [0.2, 0.25) is 0 Å². The van der Waals surface area contributed by atoms with Gasteiger partial charge in [0, 0.05) is 17.9 Å². The van der Waals surface area contributed by atoms with E-state index in [2.05, 4.69) is 0 Å². The fraction of sp³-hybridized carbons (Fsp3) is 0.500. The molecule has 1 aromatic rings. The maximum absolute atomic E-state index is 12.1. The first kappa shape index (κ1) is 12.9. The summed E-state index contributed by atoms with van der Waals surface area (Å²) in [5.41, 5.74) is 8.62. The number of benzene rings is 1. The molecule has 0 atom stereocenters. The molecule has 18 heavy (non-hydrogen) atoms. The standard InChI is InChI=1S/C14H20N2O2/c1-10(2)18-9-14(17)16-7-3-4-11-5-6-12(15)8-13(11)16/h5-6,8,10H,3-4,7,9,15H2,1-2H3. The third-order valence-electron chi connectivity index (χ3n) is 3.07. The Bertz CT molecular complexity index is 443. The van der Waals surface area contributed by atoms with Crippen LogP contribution in [0.25, 0.3) is 0 Å². The van der Waals surface area contributed by atoms with E-state index in [0.29, 0.717) is 5.69 Å². The van der Waals surface area contributed by atoms with Crippen LogP contribution in [-0.4, -0.2) is 25.2 Å². The van der Waals surface area contributed by atoms with Crippen molar-refractivity contribution in [2.24, 2.45) is 0 Å². The molecule has 0 unspecified atom stereocenters. The second kappa shape index (κ2) is 5.40. The molecule has 1 aliphatic heterocycles. The van der Waals surface area contributed by atoms with Gasteiger partial charge in [-0.15, -0.1) is 0 Å². The van der Waals surface area contributed by atoms with Gasteiger partial charge in [-0.25, -0.2) is 0 Å². The van der Waals surface area contributed by atoms with Crippen molar-refractivity contribution in [3.63, 3.8) is 0 Å². The van der Waals surface area contributed by atoms with E-state index >= 15 is 0 Å². The minimum atomic E-state index is 0.00949. The SMILES string of the molecule is CC(C)OCC(=O)N1CCCc2ccc(N)cc21. The van der Waals surface area contributed by atoms with Crippen molar-refractivity contribution in [1.29, 1.82) is 0 Å². The largest absolute Gasteiger partial charge is 0.399 e. The Morgan fingerprint density at radius 2 is 2.28 bits per heavy atom. The number of hydrogen-bond donors (Lipinski definition) is 1. The van der Waals surface area contributed by atoms with E-state index in [-0.39, 0.29) is 18.6 Å². The lowest BCUT2D eigenvalue weighted by molar-refractivity contribution is -0.124. The van der Waals surface area contributed by atoms with E-state index in [1.54, 1.807) is 4.90 Å². The molecular formula is C14H20N2O2. The van der Waals surface area contributed by atoms with Crippen LogP contribution in [0.15, 0.2) is 18.2 Å². The highest BCUT2D eigenvalue weighted by Gasteiger charge is 2.22. The molecule has 2 N–H and O–H groups in total. The molecule has 0 saturated heterocycles. The van der Waals surface area contributed by atoms with Crippen molar-refractivity contribution in [1.82, 2.24) is 0 Å². The maximum atomic E-state index is 12.1. The molecule has 0 fully saturated rings. The number of amides is 1. The monoisotopic (exact) mass is 248 g/mol. The van der Waals surface area contributed by atoms with Gasteiger partial charge in [0.05, 0.1) is 6.10 Å². The van der Waals surface area contributed by atoms with E-state index in [1.807, 2.05) is 32.0 Å². The molecule has 0 bridgehead atoms. The number of fused-ring (bicyclic) bond motifs is 1. The van der Waals surface area contributed by atoms with Crippen LogP contribution in [0.5, 0.6) is 0 Å². The Morgan fingerprint density at radius 1 is 1.50 bits per heavy atom. The maximum Gasteiger partial charge on any atom is 0.252 e. The zero-order valence-electron chi connectivity index (χ0n) is 11.0. The summed E-state index contributed by atoms with van der Waals surface area (Å²) in [6, 6.07) is 5.77. The van der Waals surface area contributed by atoms with Gasteiger partial charge in [-0.1, -0.05) is 6.07 Å². The van der Waals surface area contributed by atoms with Crippen molar-refractivity contribution in [3.05, 3.63) is 23.8 Å². The number of carbonyl (C=O) groups excluding carboxylic acids is 1. The molecule has 0 spiro atoms. The van der Waals surface area contributed by atoms with Crippen LogP contribution in [0.1, 0.15) is 25.8 Å². The number of rotatable bonds is 3. The molecule has 1 aliphatic rings.